The van der Waals surface area contributed by atoms with Gasteiger partial charge in [-0.3, -0.25) is 4.72 Å². The lowest BCUT2D eigenvalue weighted by Gasteiger charge is -2.09. The Hall–Kier alpha value is -2.67. The van der Waals surface area contributed by atoms with Crippen molar-refractivity contribution in [3.05, 3.63) is 48.7 Å². The summed E-state index contributed by atoms with van der Waals surface area (Å²) in [5, 5.41) is 0.971. The smallest absolute Gasteiger partial charge is 0.262 e. The third-order valence-electron chi connectivity index (χ3n) is 3.79. The minimum absolute atomic E-state index is 0.108. The Bertz CT molecular complexity index is 1010. The van der Waals surface area contributed by atoms with E-state index in [1.807, 2.05) is 29.9 Å². The second-order valence-corrected chi connectivity index (χ2v) is 7.00. The molecule has 0 atom stereocenters. The highest BCUT2D eigenvalue weighted by molar-refractivity contribution is 7.92. The number of fused-ring (bicyclic) bond motifs is 2. The van der Waals surface area contributed by atoms with Crippen molar-refractivity contribution in [3.8, 4) is 11.5 Å². The van der Waals surface area contributed by atoms with E-state index >= 15 is 0 Å². The van der Waals surface area contributed by atoms with E-state index in [2.05, 4.69) is 4.72 Å². The van der Waals surface area contributed by atoms with Crippen LogP contribution in [0.2, 0.25) is 0 Å². The summed E-state index contributed by atoms with van der Waals surface area (Å²) in [6, 6.07) is 11.9. The average molecular weight is 330 g/mol. The van der Waals surface area contributed by atoms with Crippen LogP contribution >= 0.6 is 0 Å². The second-order valence-electron chi connectivity index (χ2n) is 5.32. The minimum Gasteiger partial charge on any atom is -0.454 e. The maximum Gasteiger partial charge on any atom is 0.262 e. The van der Waals surface area contributed by atoms with Gasteiger partial charge in [-0.25, -0.2) is 8.42 Å². The Labute approximate surface area is 133 Å². The summed E-state index contributed by atoms with van der Waals surface area (Å²) in [6.07, 6.45) is 1.93. The molecule has 0 saturated heterocycles. The topological polar surface area (TPSA) is 69.6 Å². The third-order valence-corrected chi connectivity index (χ3v) is 5.17. The van der Waals surface area contributed by atoms with Crippen molar-refractivity contribution < 1.29 is 17.9 Å². The number of nitrogens with one attached hydrogen (secondary N) is 1. The number of hydrogen-bond acceptors (Lipinski definition) is 4. The molecule has 1 aromatic heterocycles. The van der Waals surface area contributed by atoms with Crippen molar-refractivity contribution in [2.75, 3.05) is 11.5 Å². The van der Waals surface area contributed by atoms with Crippen molar-refractivity contribution in [1.29, 1.82) is 0 Å². The SMILES string of the molecule is Cn1ccc2cc(NS(=O)(=O)c3ccc4c(c3)OCO4)ccc21. The number of benzene rings is 2. The molecule has 2 heterocycles. The fourth-order valence-electron chi connectivity index (χ4n) is 2.60. The van der Waals surface area contributed by atoms with Crippen LogP contribution in [0.1, 0.15) is 0 Å². The van der Waals surface area contributed by atoms with Gasteiger partial charge in [0.15, 0.2) is 11.5 Å². The first-order valence-electron chi connectivity index (χ1n) is 7.00. The molecule has 0 fully saturated rings. The number of rotatable bonds is 3. The van der Waals surface area contributed by atoms with E-state index in [4.69, 9.17) is 9.47 Å². The van der Waals surface area contributed by atoms with Gasteiger partial charge >= 0.3 is 0 Å². The average Bonchev–Trinajstić information content (AvgIpc) is 3.13. The van der Waals surface area contributed by atoms with Gasteiger partial charge in [-0.1, -0.05) is 0 Å². The summed E-state index contributed by atoms with van der Waals surface area (Å²) in [5.74, 6) is 0.987. The number of ether oxygens (including phenoxy) is 2. The van der Waals surface area contributed by atoms with Crippen molar-refractivity contribution in [2.45, 2.75) is 4.90 Å². The van der Waals surface area contributed by atoms with Gasteiger partial charge in [-0.05, 0) is 36.4 Å². The summed E-state index contributed by atoms with van der Waals surface area (Å²) in [4.78, 5) is 0.134. The third kappa shape index (κ3) is 2.39. The van der Waals surface area contributed by atoms with E-state index in [9.17, 15) is 8.42 Å². The van der Waals surface area contributed by atoms with E-state index in [-0.39, 0.29) is 11.7 Å². The number of hydrogen-bond donors (Lipinski definition) is 1. The molecule has 23 heavy (non-hydrogen) atoms. The van der Waals surface area contributed by atoms with E-state index < -0.39 is 10.0 Å². The molecule has 2 aromatic carbocycles. The first-order valence-corrected chi connectivity index (χ1v) is 8.49. The van der Waals surface area contributed by atoms with Gasteiger partial charge in [-0.15, -0.1) is 0 Å². The predicted octanol–water partition coefficient (Wildman–Crippen LogP) is 2.71. The van der Waals surface area contributed by atoms with Crippen molar-refractivity contribution in [2.24, 2.45) is 7.05 Å². The van der Waals surface area contributed by atoms with E-state index in [1.165, 1.54) is 12.1 Å². The monoisotopic (exact) mass is 330 g/mol. The van der Waals surface area contributed by atoms with Gasteiger partial charge in [-0.2, -0.15) is 0 Å². The van der Waals surface area contributed by atoms with Crippen molar-refractivity contribution >= 4 is 26.6 Å². The fourth-order valence-corrected chi connectivity index (χ4v) is 3.67. The van der Waals surface area contributed by atoms with Crippen molar-refractivity contribution in [3.63, 3.8) is 0 Å². The lowest BCUT2D eigenvalue weighted by Crippen LogP contribution is -2.12. The Morgan fingerprint density at radius 2 is 1.87 bits per heavy atom. The summed E-state index contributed by atoms with van der Waals surface area (Å²) in [6.45, 7) is 0.108. The molecular weight excluding hydrogens is 316 g/mol. The molecule has 118 valence electrons. The van der Waals surface area contributed by atoms with E-state index in [0.717, 1.165) is 10.9 Å². The molecule has 1 aliphatic rings. The highest BCUT2D eigenvalue weighted by Gasteiger charge is 2.20. The number of sulfonamides is 1. The molecule has 3 aromatic rings. The van der Waals surface area contributed by atoms with Crippen LogP contribution in [0.15, 0.2) is 53.6 Å². The zero-order valence-electron chi connectivity index (χ0n) is 12.3. The maximum atomic E-state index is 12.5. The normalized spacial score (nSPS) is 13.4. The molecular formula is C16H14N2O4S. The summed E-state index contributed by atoms with van der Waals surface area (Å²) >= 11 is 0. The highest BCUT2D eigenvalue weighted by Crippen LogP contribution is 2.34. The first-order chi connectivity index (χ1) is 11.0. The summed E-state index contributed by atoms with van der Waals surface area (Å²) < 4.78 is 40.1. The van der Waals surface area contributed by atoms with Crippen LogP contribution in [0.25, 0.3) is 10.9 Å². The molecule has 0 saturated carbocycles. The number of aryl methyl sites for hydroxylation is 1. The van der Waals surface area contributed by atoms with Gasteiger partial charge < -0.3 is 14.0 Å². The van der Waals surface area contributed by atoms with Crippen LogP contribution in [-0.4, -0.2) is 19.8 Å². The molecule has 0 amide bonds. The summed E-state index contributed by atoms with van der Waals surface area (Å²) in [5.41, 5.74) is 1.55. The Morgan fingerprint density at radius 1 is 1.04 bits per heavy atom. The number of aromatic nitrogens is 1. The molecule has 0 spiro atoms. The molecule has 0 aliphatic carbocycles. The molecule has 0 unspecified atom stereocenters. The first kappa shape index (κ1) is 14.0. The quantitative estimate of drug-likeness (QED) is 0.802. The molecule has 7 heteroatoms. The largest absolute Gasteiger partial charge is 0.454 e. The molecule has 1 aliphatic heterocycles. The number of nitrogens with zero attached hydrogens (tertiary/aromatic N) is 1. The standard InChI is InChI=1S/C16H14N2O4S/c1-18-7-6-11-8-12(2-4-14(11)18)17-23(19,20)13-3-5-15-16(9-13)22-10-21-15/h2-9,17H,10H2,1H3. The zero-order chi connectivity index (χ0) is 16.0. The van der Waals surface area contributed by atoms with Gasteiger partial charge in [0.1, 0.15) is 0 Å². The lowest BCUT2D eigenvalue weighted by molar-refractivity contribution is 0.174. The van der Waals surface area contributed by atoms with Gasteiger partial charge in [0.05, 0.1) is 4.90 Å². The minimum atomic E-state index is -3.69. The Balaban J connectivity index is 1.68. The molecule has 6 nitrogen and oxygen atoms in total. The summed E-state index contributed by atoms with van der Waals surface area (Å²) in [7, 11) is -1.75. The van der Waals surface area contributed by atoms with Gasteiger partial charge in [0.25, 0.3) is 10.0 Å². The van der Waals surface area contributed by atoms with Gasteiger partial charge in [0, 0.05) is 35.9 Å². The van der Waals surface area contributed by atoms with Crippen LogP contribution in [-0.2, 0) is 17.1 Å². The molecule has 1 N–H and O–H groups in total. The van der Waals surface area contributed by atoms with Crippen LogP contribution in [0.3, 0.4) is 0 Å². The maximum absolute atomic E-state index is 12.5. The molecule has 0 radical (unpaired) electrons. The van der Waals surface area contributed by atoms with E-state index in [0.29, 0.717) is 17.2 Å². The van der Waals surface area contributed by atoms with Crippen LogP contribution in [0, 0.1) is 0 Å². The molecule has 4 rings (SSSR count). The van der Waals surface area contributed by atoms with Crippen LogP contribution < -0.4 is 14.2 Å². The highest BCUT2D eigenvalue weighted by atomic mass is 32.2. The zero-order valence-corrected chi connectivity index (χ0v) is 13.1. The predicted molar refractivity (Wildman–Crippen MR) is 86.3 cm³/mol. The number of anilines is 1. The van der Waals surface area contributed by atoms with Gasteiger partial charge in [0.2, 0.25) is 6.79 Å². The molecule has 0 bridgehead atoms. The van der Waals surface area contributed by atoms with Crippen LogP contribution in [0.5, 0.6) is 11.5 Å². The lowest BCUT2D eigenvalue weighted by atomic mass is 10.2. The Morgan fingerprint density at radius 3 is 2.74 bits per heavy atom. The van der Waals surface area contributed by atoms with Crippen LogP contribution in [0.4, 0.5) is 5.69 Å². The van der Waals surface area contributed by atoms with Crippen molar-refractivity contribution in [1.82, 2.24) is 4.57 Å². The van der Waals surface area contributed by atoms with E-state index in [1.54, 1.807) is 18.2 Å². The Kier molecular flexibility index (Phi) is 2.99. The second kappa shape index (κ2) is 4.92. The fraction of sp³-hybridized carbons (Fsp3) is 0.125.